The summed E-state index contributed by atoms with van der Waals surface area (Å²) in [4.78, 5) is 23.1. The van der Waals surface area contributed by atoms with Gasteiger partial charge in [-0.3, -0.25) is 0 Å². The molecule has 98 valence electrons. The van der Waals surface area contributed by atoms with Crippen LogP contribution in [-0.2, 0) is 4.74 Å². The van der Waals surface area contributed by atoms with Crippen LogP contribution in [-0.4, -0.2) is 24.2 Å². The number of carbonyl (C=O) groups excluding carboxylic acids is 1. The number of hydrogen-bond donors (Lipinski definition) is 1. The Hall–Kier alpha value is -1.85. The summed E-state index contributed by atoms with van der Waals surface area (Å²) in [5.41, 5.74) is 1.25. The molecule has 0 aliphatic rings. The molecular formula is C13H9ClO4S. The summed E-state index contributed by atoms with van der Waals surface area (Å²) < 4.78 is 4.69. The highest BCUT2D eigenvalue weighted by molar-refractivity contribution is 7.12. The van der Waals surface area contributed by atoms with Gasteiger partial charge in [-0.25, -0.2) is 9.59 Å². The largest absolute Gasteiger partial charge is 0.478 e. The number of thiophene rings is 1. The summed E-state index contributed by atoms with van der Waals surface area (Å²) in [5, 5.41) is 10.9. The number of hydrogen-bond acceptors (Lipinski definition) is 4. The summed E-state index contributed by atoms with van der Waals surface area (Å²) in [7, 11) is 1.30. The molecule has 19 heavy (non-hydrogen) atoms. The van der Waals surface area contributed by atoms with Crippen LogP contribution < -0.4 is 0 Å². The Bertz CT molecular complexity index is 648. The molecule has 1 aromatic heterocycles. The molecule has 0 saturated carbocycles. The van der Waals surface area contributed by atoms with Crippen molar-refractivity contribution < 1.29 is 19.4 Å². The van der Waals surface area contributed by atoms with E-state index in [1.807, 2.05) is 0 Å². The van der Waals surface area contributed by atoms with E-state index in [4.69, 9.17) is 16.7 Å². The Labute approximate surface area is 118 Å². The second-order valence-electron chi connectivity index (χ2n) is 3.65. The molecule has 0 radical (unpaired) electrons. The van der Waals surface area contributed by atoms with Gasteiger partial charge >= 0.3 is 11.9 Å². The monoisotopic (exact) mass is 296 g/mol. The predicted octanol–water partition coefficient (Wildman–Crippen LogP) is 3.55. The highest BCUT2D eigenvalue weighted by atomic mass is 35.5. The molecule has 0 amide bonds. The Balaban J connectivity index is 2.54. The highest BCUT2D eigenvalue weighted by Gasteiger charge is 2.17. The number of rotatable bonds is 3. The zero-order chi connectivity index (χ0) is 14.0. The lowest BCUT2D eigenvalue weighted by molar-refractivity contribution is 0.0606. The SMILES string of the molecule is COC(=O)c1sccc1-c1ccc(Cl)c(C(=O)O)c1. The summed E-state index contributed by atoms with van der Waals surface area (Å²) in [5.74, 6) is -1.56. The van der Waals surface area contributed by atoms with Gasteiger partial charge in [0.05, 0.1) is 17.7 Å². The topological polar surface area (TPSA) is 63.6 Å². The number of ether oxygens (including phenoxy) is 1. The van der Waals surface area contributed by atoms with Crippen LogP contribution in [0.2, 0.25) is 5.02 Å². The van der Waals surface area contributed by atoms with Gasteiger partial charge in [0, 0.05) is 5.56 Å². The van der Waals surface area contributed by atoms with Gasteiger partial charge in [-0.15, -0.1) is 11.3 Å². The molecule has 0 unspecified atom stereocenters. The van der Waals surface area contributed by atoms with E-state index in [9.17, 15) is 9.59 Å². The van der Waals surface area contributed by atoms with Gasteiger partial charge in [-0.2, -0.15) is 0 Å². The molecule has 0 saturated heterocycles. The first kappa shape index (κ1) is 13.6. The molecule has 0 aliphatic heterocycles. The number of carbonyl (C=O) groups is 2. The first-order valence-corrected chi connectivity index (χ1v) is 6.49. The lowest BCUT2D eigenvalue weighted by Crippen LogP contribution is -2.01. The van der Waals surface area contributed by atoms with E-state index in [1.165, 1.54) is 30.6 Å². The number of methoxy groups -OCH3 is 1. The minimum absolute atomic E-state index is 0.00109. The lowest BCUT2D eigenvalue weighted by atomic mass is 10.0. The third-order valence-corrected chi connectivity index (χ3v) is 3.77. The van der Waals surface area contributed by atoms with Crippen LogP contribution in [0, 0.1) is 0 Å². The summed E-state index contributed by atoms with van der Waals surface area (Å²) in [6.07, 6.45) is 0. The molecule has 0 fully saturated rings. The fourth-order valence-electron chi connectivity index (χ4n) is 1.64. The lowest BCUT2D eigenvalue weighted by Gasteiger charge is -2.05. The normalized spacial score (nSPS) is 10.2. The molecule has 1 heterocycles. The molecule has 0 aliphatic carbocycles. The Morgan fingerprint density at radius 2 is 2.05 bits per heavy atom. The second-order valence-corrected chi connectivity index (χ2v) is 4.98. The summed E-state index contributed by atoms with van der Waals surface area (Å²) in [6.45, 7) is 0. The van der Waals surface area contributed by atoms with Crippen LogP contribution in [0.5, 0.6) is 0 Å². The number of halogens is 1. The summed E-state index contributed by atoms with van der Waals surface area (Å²) in [6, 6.07) is 6.35. The van der Waals surface area contributed by atoms with Crippen molar-refractivity contribution >= 4 is 34.9 Å². The van der Waals surface area contributed by atoms with E-state index in [0.29, 0.717) is 16.0 Å². The Morgan fingerprint density at radius 1 is 1.32 bits per heavy atom. The first-order chi connectivity index (χ1) is 9.04. The second kappa shape index (κ2) is 5.42. The van der Waals surface area contributed by atoms with E-state index >= 15 is 0 Å². The summed E-state index contributed by atoms with van der Waals surface area (Å²) >= 11 is 7.05. The molecule has 2 aromatic rings. The fourth-order valence-corrected chi connectivity index (χ4v) is 2.68. The van der Waals surface area contributed by atoms with Crippen molar-refractivity contribution in [1.29, 1.82) is 0 Å². The Kier molecular flexibility index (Phi) is 3.87. The van der Waals surface area contributed by atoms with E-state index in [-0.39, 0.29) is 10.6 Å². The maximum Gasteiger partial charge on any atom is 0.348 e. The minimum atomic E-state index is -1.11. The van der Waals surface area contributed by atoms with Crippen LogP contribution in [0.4, 0.5) is 0 Å². The van der Waals surface area contributed by atoms with Crippen molar-refractivity contribution in [2.45, 2.75) is 0 Å². The van der Waals surface area contributed by atoms with E-state index < -0.39 is 11.9 Å². The third kappa shape index (κ3) is 2.62. The molecule has 1 aromatic carbocycles. The number of carboxylic acid groups (broad SMARTS) is 1. The number of aromatic carboxylic acids is 1. The van der Waals surface area contributed by atoms with Crippen molar-refractivity contribution in [3.8, 4) is 11.1 Å². The van der Waals surface area contributed by atoms with Crippen LogP contribution in [0.1, 0.15) is 20.0 Å². The zero-order valence-corrected chi connectivity index (χ0v) is 11.4. The number of carboxylic acids is 1. The van der Waals surface area contributed by atoms with Crippen molar-refractivity contribution in [2.24, 2.45) is 0 Å². The highest BCUT2D eigenvalue weighted by Crippen LogP contribution is 2.31. The smallest absolute Gasteiger partial charge is 0.348 e. The third-order valence-electron chi connectivity index (χ3n) is 2.54. The molecule has 0 atom stereocenters. The van der Waals surface area contributed by atoms with Crippen LogP contribution in [0.3, 0.4) is 0 Å². The maximum absolute atomic E-state index is 11.6. The van der Waals surface area contributed by atoms with Gasteiger partial charge in [0.25, 0.3) is 0 Å². The van der Waals surface area contributed by atoms with Gasteiger partial charge in [0.15, 0.2) is 0 Å². The van der Waals surface area contributed by atoms with Gasteiger partial charge in [0.1, 0.15) is 4.88 Å². The molecule has 4 nitrogen and oxygen atoms in total. The van der Waals surface area contributed by atoms with Gasteiger partial charge in [-0.1, -0.05) is 17.7 Å². The van der Waals surface area contributed by atoms with Crippen molar-refractivity contribution in [2.75, 3.05) is 7.11 Å². The van der Waals surface area contributed by atoms with Gasteiger partial charge in [0.2, 0.25) is 0 Å². The van der Waals surface area contributed by atoms with Gasteiger partial charge in [-0.05, 0) is 29.1 Å². The van der Waals surface area contributed by atoms with E-state index in [2.05, 4.69) is 4.74 Å². The van der Waals surface area contributed by atoms with E-state index in [0.717, 1.165) is 0 Å². The maximum atomic E-state index is 11.6. The number of esters is 1. The minimum Gasteiger partial charge on any atom is -0.478 e. The van der Waals surface area contributed by atoms with Crippen molar-refractivity contribution in [3.63, 3.8) is 0 Å². The average molecular weight is 297 g/mol. The average Bonchev–Trinajstić information content (AvgIpc) is 2.87. The standard InChI is InChI=1S/C13H9ClO4S/c1-18-13(17)11-8(4-5-19-11)7-2-3-10(14)9(6-7)12(15)16/h2-6H,1H3,(H,15,16). The fraction of sp³-hybridized carbons (Fsp3) is 0.0769. The number of benzene rings is 1. The van der Waals surface area contributed by atoms with Crippen LogP contribution in [0.15, 0.2) is 29.6 Å². The zero-order valence-electron chi connectivity index (χ0n) is 9.84. The first-order valence-electron chi connectivity index (χ1n) is 5.23. The molecule has 6 heteroatoms. The molecule has 2 rings (SSSR count). The quantitative estimate of drug-likeness (QED) is 0.880. The predicted molar refractivity (Wildman–Crippen MR) is 73.1 cm³/mol. The van der Waals surface area contributed by atoms with Crippen LogP contribution >= 0.6 is 22.9 Å². The van der Waals surface area contributed by atoms with Gasteiger partial charge < -0.3 is 9.84 Å². The Morgan fingerprint density at radius 3 is 2.68 bits per heavy atom. The van der Waals surface area contributed by atoms with E-state index in [1.54, 1.807) is 17.5 Å². The molecule has 0 spiro atoms. The molecule has 0 bridgehead atoms. The van der Waals surface area contributed by atoms with Crippen molar-refractivity contribution in [3.05, 3.63) is 45.1 Å². The van der Waals surface area contributed by atoms with Crippen LogP contribution in [0.25, 0.3) is 11.1 Å². The van der Waals surface area contributed by atoms with Crippen molar-refractivity contribution in [1.82, 2.24) is 0 Å². The molecule has 1 N–H and O–H groups in total. The molecular weight excluding hydrogens is 288 g/mol.